The molecule has 3 rings (SSSR count). The van der Waals surface area contributed by atoms with Gasteiger partial charge in [0.25, 0.3) is 5.91 Å². The third kappa shape index (κ3) is 5.63. The fourth-order valence-electron chi connectivity index (χ4n) is 4.11. The van der Waals surface area contributed by atoms with Crippen molar-refractivity contribution in [3.8, 4) is 5.75 Å². The van der Waals surface area contributed by atoms with Gasteiger partial charge >= 0.3 is 0 Å². The summed E-state index contributed by atoms with van der Waals surface area (Å²) >= 11 is 0. The average molecular weight is 384 g/mol. The van der Waals surface area contributed by atoms with Crippen molar-refractivity contribution in [3.05, 3.63) is 47.2 Å². The van der Waals surface area contributed by atoms with Crippen molar-refractivity contribution in [1.82, 2.24) is 0 Å². The van der Waals surface area contributed by atoms with Crippen molar-refractivity contribution in [3.63, 3.8) is 0 Å². The van der Waals surface area contributed by atoms with E-state index in [4.69, 9.17) is 4.74 Å². The molecule has 2 N–H and O–H groups in total. The number of phenolic OH excluding ortho intramolecular Hbond substituents is 1. The zero-order valence-electron chi connectivity index (χ0n) is 17.3. The number of nitrogens with one attached hydrogen (secondary N) is 1. The molecule has 1 aromatic rings. The predicted octanol–water partition coefficient (Wildman–Crippen LogP) is 5.73. The van der Waals surface area contributed by atoms with Gasteiger partial charge in [0.1, 0.15) is 11.9 Å². The molecule has 2 aliphatic rings. The molecule has 0 spiro atoms. The van der Waals surface area contributed by atoms with Gasteiger partial charge in [-0.15, -0.1) is 0 Å². The van der Waals surface area contributed by atoms with Crippen LogP contribution in [0.1, 0.15) is 64.9 Å². The molecule has 3 atom stereocenters. The first kappa shape index (κ1) is 20.5. The molecule has 2 aliphatic heterocycles. The molecule has 4 heteroatoms. The van der Waals surface area contributed by atoms with E-state index in [0.29, 0.717) is 23.1 Å². The number of anilines is 1. The number of fused-ring (bicyclic) bond motifs is 4. The Morgan fingerprint density at radius 1 is 1.14 bits per heavy atom. The Balaban J connectivity index is 1.77. The highest BCUT2D eigenvalue weighted by molar-refractivity contribution is 6.03. The molecule has 4 bridgehead atoms. The number of carbonyl (C=O) groups is 1. The molecule has 4 nitrogen and oxygen atoms in total. The van der Waals surface area contributed by atoms with E-state index in [1.807, 2.05) is 19.1 Å². The monoisotopic (exact) mass is 383 g/mol. The summed E-state index contributed by atoms with van der Waals surface area (Å²) in [5.41, 5.74) is 2.41. The molecule has 0 saturated carbocycles. The van der Waals surface area contributed by atoms with Crippen molar-refractivity contribution in [2.75, 3.05) is 5.32 Å². The summed E-state index contributed by atoms with van der Waals surface area (Å²) in [6, 6.07) is 5.37. The van der Waals surface area contributed by atoms with Gasteiger partial charge in [0.05, 0.1) is 5.76 Å². The molecule has 0 saturated heterocycles. The molecule has 2 heterocycles. The second-order valence-electron chi connectivity index (χ2n) is 8.51. The van der Waals surface area contributed by atoms with Crippen LogP contribution in [0.4, 0.5) is 5.69 Å². The minimum Gasteiger partial charge on any atom is -0.508 e. The Morgan fingerprint density at radius 2 is 1.96 bits per heavy atom. The fourth-order valence-corrected chi connectivity index (χ4v) is 4.11. The fraction of sp³-hybridized carbons (Fsp3) is 0.542. The number of aromatic hydroxyl groups is 1. The summed E-state index contributed by atoms with van der Waals surface area (Å²) in [7, 11) is 0. The Kier molecular flexibility index (Phi) is 6.82. The lowest BCUT2D eigenvalue weighted by atomic mass is 9.92. The number of ether oxygens (including phenoxy) is 1. The van der Waals surface area contributed by atoms with Gasteiger partial charge in [0, 0.05) is 29.7 Å². The molecule has 3 unspecified atom stereocenters. The van der Waals surface area contributed by atoms with E-state index in [1.165, 1.54) is 0 Å². The van der Waals surface area contributed by atoms with E-state index in [9.17, 15) is 9.90 Å². The summed E-state index contributed by atoms with van der Waals surface area (Å²) in [5.74, 6) is 2.18. The second kappa shape index (κ2) is 9.31. The smallest absolute Gasteiger partial charge is 0.250 e. The molecule has 0 fully saturated rings. The molecule has 0 aromatic heterocycles. The topological polar surface area (TPSA) is 58.6 Å². The van der Waals surface area contributed by atoms with Crippen molar-refractivity contribution in [2.45, 2.75) is 71.8 Å². The first-order valence-corrected chi connectivity index (χ1v) is 10.6. The van der Waals surface area contributed by atoms with Crippen molar-refractivity contribution < 1.29 is 14.6 Å². The summed E-state index contributed by atoms with van der Waals surface area (Å²) < 4.78 is 6.21. The minimum atomic E-state index is -0.107. The molecule has 28 heavy (non-hydrogen) atoms. The Hall–Kier alpha value is -2.23. The minimum absolute atomic E-state index is 0.107. The van der Waals surface area contributed by atoms with Gasteiger partial charge in [0.2, 0.25) is 0 Å². The molecule has 0 radical (unpaired) electrons. The van der Waals surface area contributed by atoms with Crippen LogP contribution in [0.5, 0.6) is 5.75 Å². The number of benzene rings is 1. The number of hydrogen-bond acceptors (Lipinski definition) is 3. The highest BCUT2D eigenvalue weighted by Gasteiger charge is 2.25. The van der Waals surface area contributed by atoms with Gasteiger partial charge in [-0.2, -0.15) is 0 Å². The number of amides is 1. The largest absolute Gasteiger partial charge is 0.508 e. The maximum Gasteiger partial charge on any atom is 0.250 e. The quantitative estimate of drug-likeness (QED) is 0.601. The third-order valence-corrected chi connectivity index (χ3v) is 5.79. The number of rotatable bonds is 0. The normalized spacial score (nSPS) is 28.8. The van der Waals surface area contributed by atoms with Crippen molar-refractivity contribution in [2.24, 2.45) is 11.8 Å². The molecular formula is C24H33NO3. The van der Waals surface area contributed by atoms with Crippen LogP contribution >= 0.6 is 0 Å². The highest BCUT2D eigenvalue weighted by atomic mass is 16.5. The lowest BCUT2D eigenvalue weighted by Gasteiger charge is -2.20. The van der Waals surface area contributed by atoms with E-state index in [2.05, 4.69) is 25.2 Å². The first-order valence-electron chi connectivity index (χ1n) is 10.6. The van der Waals surface area contributed by atoms with E-state index in [0.717, 1.165) is 56.3 Å². The van der Waals surface area contributed by atoms with Gasteiger partial charge < -0.3 is 15.2 Å². The van der Waals surface area contributed by atoms with Gasteiger partial charge in [0.15, 0.2) is 0 Å². The number of carbonyl (C=O) groups excluding carboxylic acids is 1. The average Bonchev–Trinajstić information content (AvgIpc) is 2.98. The van der Waals surface area contributed by atoms with Crippen molar-refractivity contribution >= 4 is 11.6 Å². The summed E-state index contributed by atoms with van der Waals surface area (Å²) in [6.07, 6.45) is 11.6. The van der Waals surface area contributed by atoms with Crippen LogP contribution in [-0.2, 0) is 16.0 Å². The van der Waals surface area contributed by atoms with Crippen LogP contribution < -0.4 is 5.32 Å². The van der Waals surface area contributed by atoms with Gasteiger partial charge in [-0.3, -0.25) is 4.79 Å². The number of hydrogen-bond donors (Lipinski definition) is 2. The molecular weight excluding hydrogens is 350 g/mol. The third-order valence-electron chi connectivity index (χ3n) is 5.79. The summed E-state index contributed by atoms with van der Waals surface area (Å²) in [6.45, 7) is 6.32. The van der Waals surface area contributed by atoms with Crippen molar-refractivity contribution in [1.29, 1.82) is 0 Å². The van der Waals surface area contributed by atoms with Gasteiger partial charge in [-0.1, -0.05) is 19.9 Å². The van der Waals surface area contributed by atoms with Crippen LogP contribution in [0.2, 0.25) is 0 Å². The lowest BCUT2D eigenvalue weighted by Crippen LogP contribution is -2.16. The summed E-state index contributed by atoms with van der Waals surface area (Å²) in [4.78, 5) is 12.4. The van der Waals surface area contributed by atoms with E-state index in [1.54, 1.807) is 12.1 Å². The Labute approximate surface area is 168 Å². The Bertz CT molecular complexity index is 765. The summed E-state index contributed by atoms with van der Waals surface area (Å²) in [5, 5.41) is 13.0. The van der Waals surface area contributed by atoms with E-state index in [-0.39, 0.29) is 17.8 Å². The molecule has 1 aromatic carbocycles. The van der Waals surface area contributed by atoms with Crippen LogP contribution in [0.3, 0.4) is 0 Å². The van der Waals surface area contributed by atoms with Crippen LogP contribution in [0.15, 0.2) is 41.7 Å². The SMILES string of the molecule is C/C1=C\CCCCC2=CC(C)C(CCC(C)Cc3cc(O)cc(c3)NC1=O)O2. The number of allylic oxidation sites excluding steroid dienone is 2. The zero-order chi connectivity index (χ0) is 20.1. The maximum absolute atomic E-state index is 12.4. The lowest BCUT2D eigenvalue weighted by molar-refractivity contribution is -0.112. The standard InChI is InChI=1S/C24H33NO3/c1-16-9-10-23-18(3)12-22(28-23)8-6-4-5-7-17(2)24(27)25-20-13-19(11-16)14-21(26)15-20/h7,12-16,18,23,26H,4-6,8-11H2,1-3H3,(H,25,27)/b17-7+. The first-order chi connectivity index (χ1) is 13.4. The second-order valence-corrected chi connectivity index (χ2v) is 8.51. The Morgan fingerprint density at radius 3 is 2.79 bits per heavy atom. The van der Waals surface area contributed by atoms with Gasteiger partial charge in [-0.25, -0.2) is 0 Å². The molecule has 0 aliphatic carbocycles. The van der Waals surface area contributed by atoms with E-state index >= 15 is 0 Å². The van der Waals surface area contributed by atoms with E-state index < -0.39 is 0 Å². The predicted molar refractivity (Wildman–Crippen MR) is 113 cm³/mol. The number of phenols is 1. The van der Waals surface area contributed by atoms with Gasteiger partial charge in [-0.05, 0) is 75.1 Å². The maximum atomic E-state index is 12.4. The highest BCUT2D eigenvalue weighted by Crippen LogP contribution is 2.31. The molecule has 152 valence electrons. The zero-order valence-corrected chi connectivity index (χ0v) is 17.3. The molecule has 1 amide bonds. The van der Waals surface area contributed by atoms with Crippen LogP contribution in [0.25, 0.3) is 0 Å². The van der Waals surface area contributed by atoms with Crippen LogP contribution in [-0.4, -0.2) is 17.1 Å². The van der Waals surface area contributed by atoms with Crippen LogP contribution in [0, 0.1) is 11.8 Å².